The summed E-state index contributed by atoms with van der Waals surface area (Å²) in [4.78, 5) is 23.0. The van der Waals surface area contributed by atoms with E-state index in [1.807, 2.05) is 0 Å². The minimum atomic E-state index is -1.06. The molecule has 6 nitrogen and oxygen atoms in total. The molecular weight excluding hydrogens is 345 g/mol. The third kappa shape index (κ3) is 4.81. The van der Waals surface area contributed by atoms with Gasteiger partial charge in [-0.2, -0.15) is 0 Å². The van der Waals surface area contributed by atoms with Gasteiger partial charge >= 0.3 is 5.97 Å². The van der Waals surface area contributed by atoms with Gasteiger partial charge in [-0.3, -0.25) is 4.79 Å². The van der Waals surface area contributed by atoms with E-state index in [2.05, 4.69) is 5.32 Å². The Morgan fingerprint density at radius 1 is 1.39 bits per heavy atom. The maximum absolute atomic E-state index is 12.4. The van der Waals surface area contributed by atoms with Crippen molar-refractivity contribution in [3.8, 4) is 0 Å². The molecule has 0 bridgehead atoms. The normalized spacial score (nSPS) is 21.0. The zero-order valence-electron chi connectivity index (χ0n) is 12.5. The topological polar surface area (TPSA) is 84.9 Å². The second-order valence-corrected chi connectivity index (χ2v) is 6.07. The zero-order chi connectivity index (χ0) is 17.0. The van der Waals surface area contributed by atoms with E-state index in [-0.39, 0.29) is 12.5 Å². The van der Waals surface area contributed by atoms with Gasteiger partial charge in [0.25, 0.3) is 5.91 Å². The number of halogens is 2. The van der Waals surface area contributed by atoms with Gasteiger partial charge in [-0.25, -0.2) is 4.79 Å². The predicted octanol–water partition coefficient (Wildman–Crippen LogP) is 2.29. The molecule has 1 amide bonds. The molecule has 0 unspecified atom stereocenters. The standard InChI is InChI=1S/C15H17Cl2NO5/c1-8-10(16)4-9(5-11(8)17)15(21)18-12-6-22-3-2-13(12)23-7-14(19)20/h4-5,12-13H,2-3,6-7H2,1H3,(H,18,21)(H,19,20)/t12-,13+/m1/s1. The lowest BCUT2D eigenvalue weighted by atomic mass is 10.1. The van der Waals surface area contributed by atoms with Gasteiger partial charge in [0.2, 0.25) is 0 Å². The van der Waals surface area contributed by atoms with Crippen LogP contribution >= 0.6 is 23.2 Å². The highest BCUT2D eigenvalue weighted by atomic mass is 35.5. The molecule has 1 heterocycles. The Morgan fingerprint density at radius 3 is 2.65 bits per heavy atom. The molecule has 0 aromatic heterocycles. The molecule has 126 valence electrons. The van der Waals surface area contributed by atoms with Crippen LogP contribution in [0, 0.1) is 6.92 Å². The van der Waals surface area contributed by atoms with Gasteiger partial charge < -0.3 is 19.9 Å². The van der Waals surface area contributed by atoms with Crippen molar-refractivity contribution < 1.29 is 24.2 Å². The molecular formula is C15H17Cl2NO5. The van der Waals surface area contributed by atoms with Crippen molar-refractivity contribution in [2.75, 3.05) is 19.8 Å². The van der Waals surface area contributed by atoms with E-state index in [1.54, 1.807) is 6.92 Å². The van der Waals surface area contributed by atoms with Crippen LogP contribution in [0.5, 0.6) is 0 Å². The fraction of sp³-hybridized carbons (Fsp3) is 0.467. The number of hydrogen-bond donors (Lipinski definition) is 2. The smallest absolute Gasteiger partial charge is 0.329 e. The number of carbonyl (C=O) groups excluding carboxylic acids is 1. The van der Waals surface area contributed by atoms with Crippen LogP contribution in [-0.2, 0) is 14.3 Å². The predicted molar refractivity (Wildman–Crippen MR) is 85.3 cm³/mol. The highest BCUT2D eigenvalue weighted by Crippen LogP contribution is 2.25. The average molecular weight is 362 g/mol. The molecule has 2 N–H and O–H groups in total. The summed E-state index contributed by atoms with van der Waals surface area (Å²) >= 11 is 12.1. The molecule has 1 aliphatic heterocycles. The van der Waals surface area contributed by atoms with E-state index in [0.29, 0.717) is 34.2 Å². The lowest BCUT2D eigenvalue weighted by Crippen LogP contribution is -2.51. The number of rotatable bonds is 5. The molecule has 2 atom stereocenters. The maximum atomic E-state index is 12.4. The number of benzene rings is 1. The Kier molecular flexibility index (Phi) is 6.24. The molecule has 8 heteroatoms. The van der Waals surface area contributed by atoms with Crippen LogP contribution in [0.15, 0.2) is 12.1 Å². The molecule has 1 aromatic rings. The summed E-state index contributed by atoms with van der Waals surface area (Å²) in [5.74, 6) is -1.42. The van der Waals surface area contributed by atoms with Crippen LogP contribution in [0.4, 0.5) is 0 Å². The first-order chi connectivity index (χ1) is 10.9. The van der Waals surface area contributed by atoms with Crippen LogP contribution in [0.25, 0.3) is 0 Å². The van der Waals surface area contributed by atoms with Gasteiger partial charge in [-0.15, -0.1) is 0 Å². The molecule has 1 aliphatic rings. The first-order valence-electron chi connectivity index (χ1n) is 7.06. The Hall–Kier alpha value is -1.34. The summed E-state index contributed by atoms with van der Waals surface area (Å²) in [6.45, 7) is 2.05. The van der Waals surface area contributed by atoms with Crippen molar-refractivity contribution in [3.63, 3.8) is 0 Å². The van der Waals surface area contributed by atoms with Crippen molar-refractivity contribution in [2.45, 2.75) is 25.5 Å². The Balaban J connectivity index is 2.06. The number of aliphatic carboxylic acids is 1. The Bertz CT molecular complexity index is 585. The molecule has 23 heavy (non-hydrogen) atoms. The summed E-state index contributed by atoms with van der Waals surface area (Å²) in [6, 6.07) is 2.64. The Morgan fingerprint density at radius 2 is 2.04 bits per heavy atom. The van der Waals surface area contributed by atoms with Gasteiger partial charge in [-0.1, -0.05) is 23.2 Å². The first-order valence-corrected chi connectivity index (χ1v) is 7.81. The van der Waals surface area contributed by atoms with Crippen LogP contribution < -0.4 is 5.32 Å². The zero-order valence-corrected chi connectivity index (χ0v) is 14.0. The molecule has 2 rings (SSSR count). The van der Waals surface area contributed by atoms with Gasteiger partial charge in [-0.05, 0) is 31.0 Å². The van der Waals surface area contributed by atoms with Crippen molar-refractivity contribution >= 4 is 35.1 Å². The lowest BCUT2D eigenvalue weighted by molar-refractivity contribution is -0.147. The quantitative estimate of drug-likeness (QED) is 0.840. The number of carboxylic acid groups (broad SMARTS) is 1. The molecule has 1 saturated heterocycles. The molecule has 0 saturated carbocycles. The van der Waals surface area contributed by atoms with Gasteiger partial charge in [0, 0.05) is 22.2 Å². The van der Waals surface area contributed by atoms with Gasteiger partial charge in [0.1, 0.15) is 6.61 Å². The lowest BCUT2D eigenvalue weighted by Gasteiger charge is -2.31. The summed E-state index contributed by atoms with van der Waals surface area (Å²) in [7, 11) is 0. The minimum Gasteiger partial charge on any atom is -0.480 e. The highest BCUT2D eigenvalue weighted by Gasteiger charge is 2.29. The molecule has 0 spiro atoms. The largest absolute Gasteiger partial charge is 0.480 e. The van der Waals surface area contributed by atoms with E-state index in [0.717, 1.165) is 0 Å². The number of ether oxygens (including phenoxy) is 2. The number of amides is 1. The molecule has 0 aliphatic carbocycles. The van der Waals surface area contributed by atoms with Crippen LogP contribution in [0.3, 0.4) is 0 Å². The minimum absolute atomic E-state index is 0.253. The second kappa shape index (κ2) is 7.97. The van der Waals surface area contributed by atoms with E-state index in [1.165, 1.54) is 12.1 Å². The average Bonchev–Trinajstić information content (AvgIpc) is 2.51. The second-order valence-electron chi connectivity index (χ2n) is 5.25. The van der Waals surface area contributed by atoms with E-state index >= 15 is 0 Å². The number of hydrogen-bond acceptors (Lipinski definition) is 4. The summed E-state index contributed by atoms with van der Waals surface area (Å²) in [5, 5.41) is 12.3. The van der Waals surface area contributed by atoms with E-state index in [9.17, 15) is 9.59 Å². The molecule has 1 fully saturated rings. The maximum Gasteiger partial charge on any atom is 0.329 e. The first kappa shape index (κ1) is 18.0. The fourth-order valence-corrected chi connectivity index (χ4v) is 2.75. The number of nitrogens with one attached hydrogen (secondary N) is 1. The number of carbonyl (C=O) groups is 2. The Labute approximate surface area is 143 Å². The van der Waals surface area contributed by atoms with Crippen molar-refractivity contribution in [2.24, 2.45) is 0 Å². The van der Waals surface area contributed by atoms with Crippen molar-refractivity contribution in [1.29, 1.82) is 0 Å². The van der Waals surface area contributed by atoms with Crippen molar-refractivity contribution in [1.82, 2.24) is 5.32 Å². The number of carboxylic acids is 1. The molecule has 1 aromatic carbocycles. The van der Waals surface area contributed by atoms with Gasteiger partial charge in [0.15, 0.2) is 0 Å². The van der Waals surface area contributed by atoms with Crippen LogP contribution in [0.1, 0.15) is 22.3 Å². The van der Waals surface area contributed by atoms with Gasteiger partial charge in [0.05, 0.1) is 18.8 Å². The van der Waals surface area contributed by atoms with E-state index < -0.39 is 24.7 Å². The third-order valence-electron chi connectivity index (χ3n) is 3.57. The molecule has 0 radical (unpaired) electrons. The summed E-state index contributed by atoms with van der Waals surface area (Å²) in [5.41, 5.74) is 1.03. The van der Waals surface area contributed by atoms with Crippen LogP contribution in [0.2, 0.25) is 10.0 Å². The SMILES string of the molecule is Cc1c(Cl)cc(C(=O)N[C@@H]2COCC[C@@H]2OCC(=O)O)cc1Cl. The fourth-order valence-electron chi connectivity index (χ4n) is 2.26. The summed E-state index contributed by atoms with van der Waals surface area (Å²) in [6.07, 6.45) is 0.0911. The summed E-state index contributed by atoms with van der Waals surface area (Å²) < 4.78 is 10.6. The van der Waals surface area contributed by atoms with E-state index in [4.69, 9.17) is 37.8 Å². The monoisotopic (exact) mass is 361 g/mol. The van der Waals surface area contributed by atoms with Crippen LogP contribution in [-0.4, -0.2) is 48.9 Å². The third-order valence-corrected chi connectivity index (χ3v) is 4.36. The highest BCUT2D eigenvalue weighted by molar-refractivity contribution is 6.36. The van der Waals surface area contributed by atoms with Crippen molar-refractivity contribution in [3.05, 3.63) is 33.3 Å².